The lowest BCUT2D eigenvalue weighted by Gasteiger charge is -2.37. The van der Waals surface area contributed by atoms with Gasteiger partial charge in [-0.15, -0.1) is 0 Å². The molecule has 0 radical (unpaired) electrons. The van der Waals surface area contributed by atoms with Crippen molar-refractivity contribution in [2.24, 2.45) is 5.92 Å². The minimum atomic E-state index is -3.55. The quantitative estimate of drug-likeness (QED) is 0.698. The predicted molar refractivity (Wildman–Crippen MR) is 126 cm³/mol. The molecule has 2 heterocycles. The summed E-state index contributed by atoms with van der Waals surface area (Å²) in [7, 11) is -1.91. The molecule has 0 atom stereocenters. The van der Waals surface area contributed by atoms with Crippen LogP contribution in [0, 0.1) is 26.7 Å². The Morgan fingerprint density at radius 3 is 2.31 bits per heavy atom. The smallest absolute Gasteiger partial charge is 0.243 e. The summed E-state index contributed by atoms with van der Waals surface area (Å²) in [4.78, 5) is 15.7. The Morgan fingerprint density at radius 1 is 0.969 bits per heavy atom. The second-order valence-corrected chi connectivity index (χ2v) is 10.9. The number of rotatable bonds is 4. The number of hydrogen-bond acceptors (Lipinski definition) is 4. The molecule has 0 aliphatic carbocycles. The Balaban J connectivity index is 1.51. The van der Waals surface area contributed by atoms with Gasteiger partial charge >= 0.3 is 0 Å². The molecule has 172 valence electrons. The molecular weight excluding hydrogens is 424 g/mol. The molecule has 6 nitrogen and oxygen atoms in total. The summed E-state index contributed by atoms with van der Waals surface area (Å²) >= 11 is 0. The number of fused-ring (bicyclic) bond motifs is 1. The van der Waals surface area contributed by atoms with Gasteiger partial charge < -0.3 is 9.64 Å². The Labute approximate surface area is 191 Å². The number of hydrogen-bond donors (Lipinski definition) is 0. The van der Waals surface area contributed by atoms with Gasteiger partial charge in [-0.1, -0.05) is 12.1 Å². The molecule has 4 rings (SSSR count). The lowest BCUT2D eigenvalue weighted by atomic mass is 9.92. The van der Waals surface area contributed by atoms with Crippen molar-refractivity contribution >= 4 is 21.6 Å². The minimum Gasteiger partial charge on any atom is -0.495 e. The van der Waals surface area contributed by atoms with Gasteiger partial charge in [-0.05, 0) is 86.9 Å². The number of nitrogens with zero attached hydrogens (tertiary/aromatic N) is 2. The third-order valence-corrected chi connectivity index (χ3v) is 8.86. The van der Waals surface area contributed by atoms with E-state index < -0.39 is 10.0 Å². The molecule has 1 fully saturated rings. The van der Waals surface area contributed by atoms with Gasteiger partial charge in [-0.2, -0.15) is 4.31 Å². The van der Waals surface area contributed by atoms with Gasteiger partial charge in [0.25, 0.3) is 0 Å². The van der Waals surface area contributed by atoms with E-state index in [4.69, 9.17) is 4.74 Å². The van der Waals surface area contributed by atoms with Crippen LogP contribution in [0.5, 0.6) is 5.75 Å². The Hall–Kier alpha value is -2.38. The first-order valence-corrected chi connectivity index (χ1v) is 12.7. The molecule has 0 spiro atoms. The number of methoxy groups -OCH3 is 1. The minimum absolute atomic E-state index is 0.0816. The maximum Gasteiger partial charge on any atom is 0.243 e. The van der Waals surface area contributed by atoms with Gasteiger partial charge in [0.05, 0.1) is 17.7 Å². The van der Waals surface area contributed by atoms with Crippen molar-refractivity contribution in [1.82, 2.24) is 4.31 Å². The van der Waals surface area contributed by atoms with Crippen molar-refractivity contribution in [1.29, 1.82) is 0 Å². The molecular formula is C25H32N2O4S. The van der Waals surface area contributed by atoms with E-state index in [1.54, 1.807) is 19.2 Å². The number of carbonyl (C=O) groups is 1. The summed E-state index contributed by atoms with van der Waals surface area (Å²) in [6.45, 7) is 7.35. The lowest BCUT2D eigenvalue weighted by Crippen LogP contribution is -2.46. The summed E-state index contributed by atoms with van der Waals surface area (Å²) < 4.78 is 33.4. The largest absolute Gasteiger partial charge is 0.495 e. The summed E-state index contributed by atoms with van der Waals surface area (Å²) in [5.74, 6) is 0.629. The van der Waals surface area contributed by atoms with Crippen LogP contribution in [-0.2, 0) is 21.2 Å². The molecule has 1 saturated heterocycles. The molecule has 0 bridgehead atoms. The lowest BCUT2D eigenvalue weighted by molar-refractivity contribution is -0.123. The van der Waals surface area contributed by atoms with Crippen LogP contribution in [0.25, 0.3) is 0 Å². The summed E-state index contributed by atoms with van der Waals surface area (Å²) in [5.41, 5.74) is 5.28. The van der Waals surface area contributed by atoms with Crippen LogP contribution in [-0.4, -0.2) is 45.4 Å². The van der Waals surface area contributed by atoms with Crippen molar-refractivity contribution in [2.75, 3.05) is 31.6 Å². The first-order chi connectivity index (χ1) is 15.2. The molecule has 2 aliphatic heterocycles. The molecule has 0 N–H and O–H groups in total. The molecule has 1 amide bonds. The number of sulfonamides is 1. The highest BCUT2D eigenvalue weighted by molar-refractivity contribution is 7.89. The zero-order chi connectivity index (χ0) is 23.0. The molecule has 2 aromatic rings. The standard InChI is InChI=1S/C25H32N2O4S/c1-17-7-9-21(16-19(17)3)32(29,30)26-14-11-20(12-15-26)25(28)27-13-5-6-22-18(2)8-10-23(31-4)24(22)27/h7-10,16,20H,5-6,11-15H2,1-4H3. The van der Waals surface area contributed by atoms with Gasteiger partial charge in [0, 0.05) is 25.6 Å². The van der Waals surface area contributed by atoms with Gasteiger partial charge in [-0.3, -0.25) is 4.79 Å². The van der Waals surface area contributed by atoms with E-state index in [2.05, 4.69) is 6.92 Å². The summed E-state index contributed by atoms with van der Waals surface area (Å²) in [6.07, 6.45) is 2.92. The molecule has 0 aromatic heterocycles. The maximum atomic E-state index is 13.5. The number of ether oxygens (including phenoxy) is 1. The number of aryl methyl sites for hydroxylation is 3. The van der Waals surface area contributed by atoms with Crippen LogP contribution in [0.3, 0.4) is 0 Å². The average Bonchev–Trinajstić information content (AvgIpc) is 2.80. The third kappa shape index (κ3) is 4.04. The summed E-state index contributed by atoms with van der Waals surface area (Å²) in [5, 5.41) is 0. The Bertz CT molecular complexity index is 1130. The second-order valence-electron chi connectivity index (χ2n) is 8.93. The van der Waals surface area contributed by atoms with Crippen LogP contribution in [0.4, 0.5) is 5.69 Å². The van der Waals surface area contributed by atoms with Gasteiger partial charge in [0.1, 0.15) is 5.75 Å². The van der Waals surface area contributed by atoms with E-state index in [0.717, 1.165) is 35.4 Å². The van der Waals surface area contributed by atoms with Crippen LogP contribution in [0.15, 0.2) is 35.2 Å². The van der Waals surface area contributed by atoms with E-state index in [9.17, 15) is 13.2 Å². The maximum absolute atomic E-state index is 13.5. The Kier molecular flexibility index (Phi) is 6.32. The normalized spacial score (nSPS) is 17.8. The van der Waals surface area contributed by atoms with Crippen molar-refractivity contribution in [3.8, 4) is 5.75 Å². The van der Waals surface area contributed by atoms with E-state index in [1.807, 2.05) is 36.9 Å². The number of anilines is 1. The molecule has 32 heavy (non-hydrogen) atoms. The Morgan fingerprint density at radius 2 is 1.66 bits per heavy atom. The van der Waals surface area contributed by atoms with E-state index in [1.165, 1.54) is 15.4 Å². The van der Waals surface area contributed by atoms with Gasteiger partial charge in [0.15, 0.2) is 0 Å². The van der Waals surface area contributed by atoms with Crippen LogP contribution < -0.4 is 9.64 Å². The molecule has 0 saturated carbocycles. The zero-order valence-corrected chi connectivity index (χ0v) is 20.2. The highest BCUT2D eigenvalue weighted by Gasteiger charge is 2.36. The molecule has 7 heteroatoms. The van der Waals surface area contributed by atoms with Crippen molar-refractivity contribution in [3.05, 3.63) is 52.6 Å². The van der Waals surface area contributed by atoms with Gasteiger partial charge in [-0.25, -0.2) is 8.42 Å². The van der Waals surface area contributed by atoms with Crippen molar-refractivity contribution in [3.63, 3.8) is 0 Å². The van der Waals surface area contributed by atoms with Crippen LogP contribution >= 0.6 is 0 Å². The topological polar surface area (TPSA) is 66.9 Å². The van der Waals surface area contributed by atoms with E-state index >= 15 is 0 Å². The van der Waals surface area contributed by atoms with Gasteiger partial charge in [0.2, 0.25) is 15.9 Å². The highest BCUT2D eigenvalue weighted by Crippen LogP contribution is 2.39. The average molecular weight is 457 g/mol. The number of carbonyl (C=O) groups excluding carboxylic acids is 1. The van der Waals surface area contributed by atoms with E-state index in [-0.39, 0.29) is 11.8 Å². The first-order valence-electron chi connectivity index (χ1n) is 11.3. The fraction of sp³-hybridized carbons (Fsp3) is 0.480. The van der Waals surface area contributed by atoms with Crippen LogP contribution in [0.2, 0.25) is 0 Å². The fourth-order valence-corrected chi connectivity index (χ4v) is 6.38. The van der Waals surface area contributed by atoms with Crippen molar-refractivity contribution in [2.45, 2.75) is 51.3 Å². The van der Waals surface area contributed by atoms with E-state index in [0.29, 0.717) is 37.4 Å². The second kappa shape index (κ2) is 8.87. The monoisotopic (exact) mass is 456 g/mol. The number of amides is 1. The molecule has 0 unspecified atom stereocenters. The van der Waals surface area contributed by atoms with Crippen molar-refractivity contribution < 1.29 is 17.9 Å². The fourth-order valence-electron chi connectivity index (χ4n) is 4.82. The summed E-state index contributed by atoms with van der Waals surface area (Å²) in [6, 6.07) is 9.23. The molecule has 2 aliphatic rings. The third-order valence-electron chi connectivity index (χ3n) is 6.96. The number of benzene rings is 2. The molecule has 2 aromatic carbocycles. The highest BCUT2D eigenvalue weighted by atomic mass is 32.2. The SMILES string of the molecule is COc1ccc(C)c2c1N(C(=O)C1CCN(S(=O)(=O)c3ccc(C)c(C)c3)CC1)CCC2. The first kappa shape index (κ1) is 22.8. The zero-order valence-electron chi connectivity index (χ0n) is 19.3. The predicted octanol–water partition coefficient (Wildman–Crippen LogP) is 4.00. The number of piperidine rings is 1. The van der Waals surface area contributed by atoms with Crippen LogP contribution in [0.1, 0.15) is 41.5 Å².